The Kier molecular flexibility index (Phi) is 11.4. The third-order valence-electron chi connectivity index (χ3n) is 5.12. The number of hydrogen-bond donors (Lipinski definition) is 1. The highest BCUT2D eigenvalue weighted by atomic mass is 16.5. The summed E-state index contributed by atoms with van der Waals surface area (Å²) in [7, 11) is 0. The van der Waals surface area contributed by atoms with Crippen LogP contribution in [0.2, 0.25) is 0 Å². The van der Waals surface area contributed by atoms with Crippen LogP contribution in [0.4, 0.5) is 0 Å². The summed E-state index contributed by atoms with van der Waals surface area (Å²) in [6, 6.07) is 0. The number of aliphatic hydroxyl groups is 1. The van der Waals surface area contributed by atoms with E-state index in [2.05, 4.69) is 11.7 Å². The summed E-state index contributed by atoms with van der Waals surface area (Å²) >= 11 is 0. The van der Waals surface area contributed by atoms with Crippen molar-refractivity contribution in [3.63, 3.8) is 0 Å². The molecule has 0 bridgehead atoms. The van der Waals surface area contributed by atoms with Crippen LogP contribution >= 0.6 is 0 Å². The van der Waals surface area contributed by atoms with Crippen molar-refractivity contribution in [2.45, 2.75) is 77.7 Å². The molecule has 1 rings (SSSR count). The predicted molar refractivity (Wildman–Crippen MR) is 114 cm³/mol. The zero-order valence-electron chi connectivity index (χ0n) is 18.1. The lowest BCUT2D eigenvalue weighted by atomic mass is 9.89. The molecule has 1 aliphatic carbocycles. The van der Waals surface area contributed by atoms with Gasteiger partial charge in [0.05, 0.1) is 5.60 Å². The maximum Gasteiger partial charge on any atom is 0.303 e. The van der Waals surface area contributed by atoms with Gasteiger partial charge in [0, 0.05) is 25.2 Å². The summed E-state index contributed by atoms with van der Waals surface area (Å²) in [5.74, 6) is -0.406. The van der Waals surface area contributed by atoms with E-state index >= 15 is 0 Å². The van der Waals surface area contributed by atoms with E-state index in [9.17, 15) is 19.5 Å². The molecule has 0 aromatic carbocycles. The van der Waals surface area contributed by atoms with Crippen molar-refractivity contribution in [3.8, 4) is 0 Å². The number of hydrogen-bond acceptors (Lipinski definition) is 5. The number of unbranched alkanes of at least 4 members (excludes halogenated alkanes) is 2. The van der Waals surface area contributed by atoms with Crippen molar-refractivity contribution >= 4 is 17.5 Å². The van der Waals surface area contributed by atoms with Gasteiger partial charge >= 0.3 is 5.97 Å². The standard InChI is InChI=1S/C24H36O5/c1-4-5-16-24(3,28)17-10-11-20-14-15-23(27)22(20)13-9-7-6-8-12-21(26)18-29-19(2)25/h7,9-11,14-15,20,22,28H,4-6,8,12-13,16-18H2,1-3H3/b9-7-,11-10+/t20-,22+,24?/m0/s1. The van der Waals surface area contributed by atoms with E-state index in [0.717, 1.165) is 25.7 Å². The quantitative estimate of drug-likeness (QED) is 0.262. The van der Waals surface area contributed by atoms with E-state index in [1.54, 1.807) is 6.08 Å². The van der Waals surface area contributed by atoms with E-state index < -0.39 is 11.6 Å². The molecule has 1 unspecified atom stereocenters. The zero-order chi connectivity index (χ0) is 21.7. The Balaban J connectivity index is 2.35. The minimum Gasteiger partial charge on any atom is -0.458 e. The molecule has 0 saturated carbocycles. The Morgan fingerprint density at radius 2 is 2.00 bits per heavy atom. The average molecular weight is 405 g/mol. The Hall–Kier alpha value is -2.01. The molecule has 162 valence electrons. The Bertz CT molecular complexity index is 627. The lowest BCUT2D eigenvalue weighted by molar-refractivity contribution is -0.145. The average Bonchev–Trinajstić information content (AvgIpc) is 3.01. The summed E-state index contributed by atoms with van der Waals surface area (Å²) in [5, 5.41) is 10.4. The normalized spacial score (nSPS) is 21.2. The van der Waals surface area contributed by atoms with Crippen molar-refractivity contribution in [2.24, 2.45) is 11.8 Å². The van der Waals surface area contributed by atoms with Crippen molar-refractivity contribution in [2.75, 3.05) is 6.61 Å². The SMILES string of the molecule is CCCCC(C)(O)C/C=C/[C@H]1C=CC(=O)[C@@H]1C/C=C\CCCC(=O)COC(C)=O. The van der Waals surface area contributed by atoms with Gasteiger partial charge in [0.2, 0.25) is 0 Å². The van der Waals surface area contributed by atoms with E-state index in [1.807, 2.05) is 37.3 Å². The fraction of sp³-hybridized carbons (Fsp3) is 0.625. The van der Waals surface area contributed by atoms with Gasteiger partial charge in [-0.3, -0.25) is 14.4 Å². The number of ether oxygens (including phenoxy) is 1. The molecule has 0 aliphatic heterocycles. The lowest BCUT2D eigenvalue weighted by Crippen LogP contribution is -2.22. The topological polar surface area (TPSA) is 80.7 Å². The van der Waals surface area contributed by atoms with Crippen LogP contribution in [0.1, 0.15) is 72.1 Å². The van der Waals surface area contributed by atoms with E-state index in [4.69, 9.17) is 0 Å². The monoisotopic (exact) mass is 404 g/mol. The molecule has 0 spiro atoms. The van der Waals surface area contributed by atoms with Crippen LogP contribution in [0.25, 0.3) is 0 Å². The summed E-state index contributed by atoms with van der Waals surface area (Å²) in [4.78, 5) is 34.3. The minimum absolute atomic E-state index is 0.0689. The summed E-state index contributed by atoms with van der Waals surface area (Å²) in [6.45, 7) is 5.10. The van der Waals surface area contributed by atoms with E-state index in [-0.39, 0.29) is 30.0 Å². The molecule has 0 aromatic heterocycles. The molecular weight excluding hydrogens is 368 g/mol. The molecule has 0 amide bonds. The van der Waals surface area contributed by atoms with Crippen molar-refractivity contribution < 1.29 is 24.2 Å². The molecule has 0 aromatic rings. The van der Waals surface area contributed by atoms with Crippen LogP contribution in [0.15, 0.2) is 36.5 Å². The van der Waals surface area contributed by atoms with Crippen LogP contribution < -0.4 is 0 Å². The van der Waals surface area contributed by atoms with Gasteiger partial charge in [0.1, 0.15) is 6.61 Å². The molecule has 1 N–H and O–H groups in total. The van der Waals surface area contributed by atoms with Gasteiger partial charge in [0.15, 0.2) is 11.6 Å². The van der Waals surface area contributed by atoms with Crippen LogP contribution in [0.3, 0.4) is 0 Å². The smallest absolute Gasteiger partial charge is 0.303 e. The Morgan fingerprint density at radius 1 is 1.24 bits per heavy atom. The lowest BCUT2D eigenvalue weighted by Gasteiger charge is -2.21. The fourth-order valence-electron chi connectivity index (χ4n) is 3.30. The van der Waals surface area contributed by atoms with E-state index in [0.29, 0.717) is 25.7 Å². The number of esters is 1. The van der Waals surface area contributed by atoms with Gasteiger partial charge in [0.25, 0.3) is 0 Å². The molecule has 29 heavy (non-hydrogen) atoms. The summed E-state index contributed by atoms with van der Waals surface area (Å²) in [5.41, 5.74) is -0.693. The molecular formula is C24H36O5. The molecule has 0 saturated heterocycles. The first-order valence-electron chi connectivity index (χ1n) is 10.7. The number of Topliss-reactive ketones (excluding diaryl/α,β-unsaturated/α-hetero) is 1. The highest BCUT2D eigenvalue weighted by Gasteiger charge is 2.27. The molecule has 0 radical (unpaired) electrons. The summed E-state index contributed by atoms with van der Waals surface area (Å²) < 4.78 is 4.67. The number of rotatable bonds is 14. The van der Waals surface area contributed by atoms with Crippen molar-refractivity contribution in [3.05, 3.63) is 36.5 Å². The molecule has 3 atom stereocenters. The van der Waals surface area contributed by atoms with Crippen molar-refractivity contribution in [1.29, 1.82) is 0 Å². The maximum absolute atomic E-state index is 12.1. The highest BCUT2D eigenvalue weighted by Crippen LogP contribution is 2.28. The summed E-state index contributed by atoms with van der Waals surface area (Å²) in [6.07, 6.45) is 17.6. The van der Waals surface area contributed by atoms with Crippen LogP contribution in [0.5, 0.6) is 0 Å². The molecule has 5 nitrogen and oxygen atoms in total. The first kappa shape index (κ1) is 25.0. The van der Waals surface area contributed by atoms with Crippen LogP contribution in [0, 0.1) is 11.8 Å². The third-order valence-corrected chi connectivity index (χ3v) is 5.12. The van der Waals surface area contributed by atoms with Crippen LogP contribution in [-0.2, 0) is 19.1 Å². The third kappa shape index (κ3) is 10.9. The molecule has 0 heterocycles. The number of ketones is 2. The van der Waals surface area contributed by atoms with E-state index in [1.165, 1.54) is 6.92 Å². The van der Waals surface area contributed by atoms with Crippen LogP contribution in [-0.4, -0.2) is 34.9 Å². The second-order valence-electron chi connectivity index (χ2n) is 8.10. The first-order chi connectivity index (χ1) is 13.7. The first-order valence-corrected chi connectivity index (χ1v) is 10.7. The second-order valence-corrected chi connectivity index (χ2v) is 8.10. The zero-order valence-corrected chi connectivity index (χ0v) is 18.1. The number of carbonyl (C=O) groups excluding carboxylic acids is 3. The molecule has 5 heteroatoms. The van der Waals surface area contributed by atoms with Gasteiger partial charge in [-0.1, -0.05) is 50.1 Å². The predicted octanol–water partition coefficient (Wildman–Crippen LogP) is 4.49. The van der Waals surface area contributed by atoms with Gasteiger partial charge < -0.3 is 9.84 Å². The number of carbonyl (C=O) groups is 3. The van der Waals surface area contributed by atoms with Gasteiger partial charge in [-0.15, -0.1) is 0 Å². The fourth-order valence-corrected chi connectivity index (χ4v) is 3.30. The van der Waals surface area contributed by atoms with Crippen molar-refractivity contribution in [1.82, 2.24) is 0 Å². The largest absolute Gasteiger partial charge is 0.458 e. The highest BCUT2D eigenvalue weighted by molar-refractivity contribution is 5.95. The molecule has 0 fully saturated rings. The maximum atomic E-state index is 12.1. The number of allylic oxidation sites excluding steroid dienone is 5. The Morgan fingerprint density at radius 3 is 2.69 bits per heavy atom. The molecule has 1 aliphatic rings. The van der Waals surface area contributed by atoms with Gasteiger partial charge in [-0.2, -0.15) is 0 Å². The second kappa shape index (κ2) is 13.3. The Labute approximate surface area is 174 Å². The van der Waals surface area contributed by atoms with Gasteiger partial charge in [-0.05, 0) is 45.1 Å². The van der Waals surface area contributed by atoms with Gasteiger partial charge in [-0.25, -0.2) is 0 Å². The minimum atomic E-state index is -0.693.